The van der Waals surface area contributed by atoms with Gasteiger partial charge in [0, 0.05) is 5.54 Å². The molecule has 0 unspecified atom stereocenters. The monoisotopic (exact) mass is 239 g/mol. The van der Waals surface area contributed by atoms with Crippen LogP contribution in [0.5, 0.6) is 0 Å². The van der Waals surface area contributed by atoms with E-state index >= 15 is 0 Å². The standard InChI is InChI=1S/C15H29NO/c1-13-6-9-15(12-17,10-7-13)16-11-8-14-4-2-3-5-14/h13-14,16-17H,2-12H2,1H3. The third-order valence-electron chi connectivity index (χ3n) is 5.06. The predicted molar refractivity (Wildman–Crippen MR) is 72.0 cm³/mol. The highest BCUT2D eigenvalue weighted by molar-refractivity contribution is 4.91. The summed E-state index contributed by atoms with van der Waals surface area (Å²) in [6, 6.07) is 0. The van der Waals surface area contributed by atoms with Crippen LogP contribution in [0.15, 0.2) is 0 Å². The van der Waals surface area contributed by atoms with Crippen LogP contribution >= 0.6 is 0 Å². The fraction of sp³-hybridized carbons (Fsp3) is 1.00. The molecule has 0 aromatic carbocycles. The lowest BCUT2D eigenvalue weighted by molar-refractivity contribution is 0.104. The second-order valence-electron chi connectivity index (χ2n) is 6.49. The molecule has 17 heavy (non-hydrogen) atoms. The Labute approximate surface area is 106 Å². The van der Waals surface area contributed by atoms with Crippen LogP contribution in [0, 0.1) is 11.8 Å². The van der Waals surface area contributed by atoms with E-state index in [9.17, 15) is 5.11 Å². The second-order valence-corrected chi connectivity index (χ2v) is 6.49. The first-order valence-corrected chi connectivity index (χ1v) is 7.60. The topological polar surface area (TPSA) is 32.3 Å². The number of rotatable bonds is 5. The molecule has 0 bridgehead atoms. The summed E-state index contributed by atoms with van der Waals surface area (Å²) in [6.07, 6.45) is 11.9. The number of aliphatic hydroxyl groups is 1. The van der Waals surface area contributed by atoms with Crippen LogP contribution in [0.25, 0.3) is 0 Å². The zero-order valence-corrected chi connectivity index (χ0v) is 11.4. The Kier molecular flexibility index (Phi) is 4.87. The third-order valence-corrected chi connectivity index (χ3v) is 5.06. The van der Waals surface area contributed by atoms with Crippen molar-refractivity contribution >= 4 is 0 Å². The summed E-state index contributed by atoms with van der Waals surface area (Å²) >= 11 is 0. The molecule has 0 amide bonds. The minimum Gasteiger partial charge on any atom is -0.394 e. The van der Waals surface area contributed by atoms with Crippen molar-refractivity contribution in [2.45, 2.75) is 70.3 Å². The van der Waals surface area contributed by atoms with Gasteiger partial charge in [0.15, 0.2) is 0 Å². The molecule has 2 saturated carbocycles. The second kappa shape index (κ2) is 6.19. The van der Waals surface area contributed by atoms with Crippen LogP contribution in [0.4, 0.5) is 0 Å². The maximum atomic E-state index is 9.66. The molecule has 2 aliphatic rings. The SMILES string of the molecule is CC1CCC(CO)(NCCC2CCCC2)CC1. The lowest BCUT2D eigenvalue weighted by Crippen LogP contribution is -2.51. The van der Waals surface area contributed by atoms with Gasteiger partial charge in [-0.1, -0.05) is 32.6 Å². The molecule has 2 rings (SSSR count). The smallest absolute Gasteiger partial charge is 0.0613 e. The van der Waals surface area contributed by atoms with Crippen molar-refractivity contribution in [2.24, 2.45) is 11.8 Å². The van der Waals surface area contributed by atoms with E-state index in [-0.39, 0.29) is 5.54 Å². The molecule has 2 fully saturated rings. The quantitative estimate of drug-likeness (QED) is 0.772. The van der Waals surface area contributed by atoms with E-state index in [1.54, 1.807) is 0 Å². The number of nitrogens with one attached hydrogen (secondary N) is 1. The van der Waals surface area contributed by atoms with Gasteiger partial charge in [-0.3, -0.25) is 0 Å². The van der Waals surface area contributed by atoms with Gasteiger partial charge in [0.25, 0.3) is 0 Å². The van der Waals surface area contributed by atoms with Crippen molar-refractivity contribution in [3.8, 4) is 0 Å². The van der Waals surface area contributed by atoms with Crippen LogP contribution < -0.4 is 5.32 Å². The van der Waals surface area contributed by atoms with Crippen LogP contribution in [0.1, 0.15) is 64.7 Å². The molecule has 0 aliphatic heterocycles. The molecule has 0 aromatic heterocycles. The fourth-order valence-corrected chi connectivity index (χ4v) is 3.55. The van der Waals surface area contributed by atoms with Gasteiger partial charge in [-0.25, -0.2) is 0 Å². The van der Waals surface area contributed by atoms with Gasteiger partial charge in [-0.2, -0.15) is 0 Å². The van der Waals surface area contributed by atoms with Crippen LogP contribution in [0.2, 0.25) is 0 Å². The maximum absolute atomic E-state index is 9.66. The van der Waals surface area contributed by atoms with E-state index in [4.69, 9.17) is 0 Å². The van der Waals surface area contributed by atoms with Crippen molar-refractivity contribution in [1.29, 1.82) is 0 Å². The Morgan fingerprint density at radius 1 is 1.12 bits per heavy atom. The van der Waals surface area contributed by atoms with E-state index < -0.39 is 0 Å². The van der Waals surface area contributed by atoms with Gasteiger partial charge in [-0.05, 0) is 50.5 Å². The van der Waals surface area contributed by atoms with Crippen molar-refractivity contribution in [3.63, 3.8) is 0 Å². The summed E-state index contributed by atoms with van der Waals surface area (Å²) < 4.78 is 0. The molecule has 2 aliphatic carbocycles. The largest absolute Gasteiger partial charge is 0.394 e. The van der Waals surface area contributed by atoms with E-state index in [0.29, 0.717) is 6.61 Å². The zero-order valence-electron chi connectivity index (χ0n) is 11.4. The van der Waals surface area contributed by atoms with Gasteiger partial charge in [0.2, 0.25) is 0 Å². The Bertz CT molecular complexity index is 215. The van der Waals surface area contributed by atoms with Gasteiger partial charge in [0.1, 0.15) is 0 Å². The Balaban J connectivity index is 1.71. The lowest BCUT2D eigenvalue weighted by atomic mass is 9.77. The molecule has 0 atom stereocenters. The van der Waals surface area contributed by atoms with Crippen LogP contribution in [-0.4, -0.2) is 23.8 Å². The molecule has 0 saturated heterocycles. The first-order valence-electron chi connectivity index (χ1n) is 7.60. The van der Waals surface area contributed by atoms with Crippen molar-refractivity contribution in [1.82, 2.24) is 5.32 Å². The summed E-state index contributed by atoms with van der Waals surface area (Å²) in [6.45, 7) is 3.77. The number of hydrogen-bond donors (Lipinski definition) is 2. The third kappa shape index (κ3) is 3.69. The molecule has 2 heteroatoms. The fourth-order valence-electron chi connectivity index (χ4n) is 3.55. The first-order chi connectivity index (χ1) is 8.24. The summed E-state index contributed by atoms with van der Waals surface area (Å²) in [5, 5.41) is 13.3. The van der Waals surface area contributed by atoms with Gasteiger partial charge in [-0.15, -0.1) is 0 Å². The molecule has 0 radical (unpaired) electrons. The molecule has 100 valence electrons. The molecular weight excluding hydrogens is 210 g/mol. The Morgan fingerprint density at radius 2 is 1.76 bits per heavy atom. The van der Waals surface area contributed by atoms with E-state index in [2.05, 4.69) is 12.2 Å². The highest BCUT2D eigenvalue weighted by Gasteiger charge is 2.33. The van der Waals surface area contributed by atoms with Gasteiger partial charge < -0.3 is 10.4 Å². The molecule has 2 nitrogen and oxygen atoms in total. The van der Waals surface area contributed by atoms with Crippen LogP contribution in [-0.2, 0) is 0 Å². The average Bonchev–Trinajstić information content (AvgIpc) is 2.85. The number of aliphatic hydroxyl groups excluding tert-OH is 1. The van der Waals surface area contributed by atoms with E-state index in [0.717, 1.165) is 31.2 Å². The summed E-state index contributed by atoms with van der Waals surface area (Å²) in [7, 11) is 0. The van der Waals surface area contributed by atoms with Crippen LogP contribution in [0.3, 0.4) is 0 Å². The summed E-state index contributed by atoms with van der Waals surface area (Å²) in [5.74, 6) is 1.81. The molecule has 0 spiro atoms. The molecule has 2 N–H and O–H groups in total. The van der Waals surface area contributed by atoms with Gasteiger partial charge >= 0.3 is 0 Å². The molecular formula is C15H29NO. The predicted octanol–water partition coefficient (Wildman–Crippen LogP) is 3.10. The number of hydrogen-bond acceptors (Lipinski definition) is 2. The Hall–Kier alpha value is -0.0800. The minimum atomic E-state index is 0.0606. The average molecular weight is 239 g/mol. The molecule has 0 aromatic rings. The van der Waals surface area contributed by atoms with Crippen molar-refractivity contribution in [2.75, 3.05) is 13.2 Å². The lowest BCUT2D eigenvalue weighted by Gasteiger charge is -2.39. The van der Waals surface area contributed by atoms with Crippen molar-refractivity contribution < 1.29 is 5.11 Å². The Morgan fingerprint density at radius 3 is 2.35 bits per heavy atom. The van der Waals surface area contributed by atoms with E-state index in [1.807, 2.05) is 0 Å². The van der Waals surface area contributed by atoms with Gasteiger partial charge in [0.05, 0.1) is 6.61 Å². The highest BCUT2D eigenvalue weighted by Crippen LogP contribution is 2.32. The molecule has 0 heterocycles. The normalized spacial score (nSPS) is 35.3. The summed E-state index contributed by atoms with van der Waals surface area (Å²) in [4.78, 5) is 0. The highest BCUT2D eigenvalue weighted by atomic mass is 16.3. The van der Waals surface area contributed by atoms with Crippen molar-refractivity contribution in [3.05, 3.63) is 0 Å². The van der Waals surface area contributed by atoms with E-state index in [1.165, 1.54) is 44.9 Å². The maximum Gasteiger partial charge on any atom is 0.0613 e. The minimum absolute atomic E-state index is 0.0606. The first kappa shape index (κ1) is 13.4. The zero-order chi connectivity index (χ0) is 12.1. The summed E-state index contributed by atoms with van der Waals surface area (Å²) in [5.41, 5.74) is 0.0606.